The van der Waals surface area contributed by atoms with Gasteiger partial charge in [0.15, 0.2) is 0 Å². The predicted molar refractivity (Wildman–Crippen MR) is 70.6 cm³/mol. The van der Waals surface area contributed by atoms with Crippen LogP contribution >= 0.6 is 0 Å². The smallest absolute Gasteiger partial charge is 0.252 e. The van der Waals surface area contributed by atoms with E-state index in [0.717, 1.165) is 31.9 Å². The molecule has 0 unspecified atom stereocenters. The van der Waals surface area contributed by atoms with E-state index < -0.39 is 0 Å². The average Bonchev–Trinajstić information content (AvgIpc) is 2.28. The minimum Gasteiger partial charge on any atom is -0.369 e. The van der Waals surface area contributed by atoms with Gasteiger partial charge in [-0.1, -0.05) is 20.8 Å². The van der Waals surface area contributed by atoms with Crippen LogP contribution in [-0.2, 0) is 0 Å². The van der Waals surface area contributed by atoms with E-state index in [1.54, 1.807) is 0 Å². The summed E-state index contributed by atoms with van der Waals surface area (Å²) in [6.07, 6.45) is 1.13. The number of H-pyrrole nitrogens is 1. The highest BCUT2D eigenvalue weighted by Crippen LogP contribution is 2.08. The van der Waals surface area contributed by atoms with Gasteiger partial charge in [0.2, 0.25) is 0 Å². The number of aromatic nitrogens is 2. The largest absolute Gasteiger partial charge is 0.369 e. The molecule has 0 bridgehead atoms. The third kappa shape index (κ3) is 4.99. The fourth-order valence-corrected chi connectivity index (χ4v) is 1.42. The van der Waals surface area contributed by atoms with E-state index in [0.29, 0.717) is 5.82 Å². The van der Waals surface area contributed by atoms with Crippen molar-refractivity contribution in [2.24, 2.45) is 0 Å². The first kappa shape index (κ1) is 13.7. The minimum absolute atomic E-state index is 0.104. The summed E-state index contributed by atoms with van der Waals surface area (Å²) in [7, 11) is 0. The molecule has 5 nitrogen and oxygen atoms in total. The van der Waals surface area contributed by atoms with Crippen molar-refractivity contribution in [1.82, 2.24) is 15.3 Å². The highest BCUT2D eigenvalue weighted by Gasteiger charge is 2.04. The molecule has 0 radical (unpaired) electrons. The van der Waals surface area contributed by atoms with E-state index >= 15 is 0 Å². The lowest BCUT2D eigenvalue weighted by Crippen LogP contribution is -2.24. The topological polar surface area (TPSA) is 69.8 Å². The maximum Gasteiger partial charge on any atom is 0.252 e. The van der Waals surface area contributed by atoms with Gasteiger partial charge in [0.05, 0.1) is 0 Å². The normalized spacial score (nSPS) is 10.8. The van der Waals surface area contributed by atoms with Gasteiger partial charge in [-0.3, -0.25) is 4.79 Å². The van der Waals surface area contributed by atoms with Gasteiger partial charge in [-0.15, -0.1) is 0 Å². The number of nitrogens with zero attached hydrogens (tertiary/aromatic N) is 1. The quantitative estimate of drug-likeness (QED) is 0.626. The van der Waals surface area contributed by atoms with Gasteiger partial charge in [-0.25, -0.2) is 4.98 Å². The summed E-state index contributed by atoms with van der Waals surface area (Å²) in [4.78, 5) is 18.5. The molecule has 1 rings (SSSR count). The Balaban J connectivity index is 2.50. The van der Waals surface area contributed by atoms with Crippen LogP contribution in [0.4, 0.5) is 5.82 Å². The first-order valence-corrected chi connectivity index (χ1v) is 6.19. The molecule has 3 N–H and O–H groups in total. The number of hydrogen-bond acceptors (Lipinski definition) is 4. The molecule has 0 aliphatic carbocycles. The Morgan fingerprint density at radius 3 is 2.76 bits per heavy atom. The predicted octanol–water partition coefficient (Wildman–Crippen LogP) is 1.30. The fourth-order valence-electron chi connectivity index (χ4n) is 1.42. The molecule has 1 aromatic heterocycles. The maximum atomic E-state index is 11.4. The first-order valence-electron chi connectivity index (χ1n) is 6.19. The SMILES string of the molecule is CCCNCCNc1cc(=O)[nH]c(C(C)C)n1. The van der Waals surface area contributed by atoms with Crippen molar-refractivity contribution in [3.05, 3.63) is 22.2 Å². The second-order valence-electron chi connectivity index (χ2n) is 4.35. The monoisotopic (exact) mass is 238 g/mol. The second-order valence-corrected chi connectivity index (χ2v) is 4.35. The lowest BCUT2D eigenvalue weighted by atomic mass is 10.2. The van der Waals surface area contributed by atoms with E-state index in [4.69, 9.17) is 0 Å². The summed E-state index contributed by atoms with van der Waals surface area (Å²) < 4.78 is 0. The van der Waals surface area contributed by atoms with E-state index in [2.05, 4.69) is 27.5 Å². The standard InChI is InChI=1S/C12H22N4O/c1-4-5-13-6-7-14-10-8-11(17)16-12(15-10)9(2)3/h8-9,13H,4-7H2,1-3H3,(H2,14,15,16,17). The van der Waals surface area contributed by atoms with Crippen molar-refractivity contribution >= 4 is 5.82 Å². The molecule has 96 valence electrons. The van der Waals surface area contributed by atoms with E-state index in [1.165, 1.54) is 6.07 Å². The van der Waals surface area contributed by atoms with Crippen molar-refractivity contribution in [2.45, 2.75) is 33.1 Å². The number of nitrogens with one attached hydrogen (secondary N) is 3. The van der Waals surface area contributed by atoms with Gasteiger partial charge in [0, 0.05) is 25.1 Å². The van der Waals surface area contributed by atoms with Gasteiger partial charge in [-0.2, -0.15) is 0 Å². The zero-order valence-electron chi connectivity index (χ0n) is 10.8. The molecule has 0 fully saturated rings. The molecular weight excluding hydrogens is 216 g/mol. The molecule has 0 saturated carbocycles. The summed E-state index contributed by atoms with van der Waals surface area (Å²) in [6.45, 7) is 8.80. The Morgan fingerprint density at radius 2 is 2.12 bits per heavy atom. The van der Waals surface area contributed by atoms with Crippen LogP contribution in [0.25, 0.3) is 0 Å². The van der Waals surface area contributed by atoms with Crippen molar-refractivity contribution in [2.75, 3.05) is 25.0 Å². The Morgan fingerprint density at radius 1 is 1.35 bits per heavy atom. The lowest BCUT2D eigenvalue weighted by molar-refractivity contribution is 0.686. The van der Waals surface area contributed by atoms with Crippen LogP contribution in [-0.4, -0.2) is 29.6 Å². The van der Waals surface area contributed by atoms with Gasteiger partial charge < -0.3 is 15.6 Å². The summed E-state index contributed by atoms with van der Waals surface area (Å²) in [5.74, 6) is 1.60. The zero-order chi connectivity index (χ0) is 12.7. The van der Waals surface area contributed by atoms with Gasteiger partial charge in [0.1, 0.15) is 11.6 Å². The molecule has 17 heavy (non-hydrogen) atoms. The Bertz CT molecular complexity index is 386. The average molecular weight is 238 g/mol. The third-order valence-corrected chi connectivity index (χ3v) is 2.34. The molecule has 0 spiro atoms. The first-order chi connectivity index (χ1) is 8.13. The number of rotatable bonds is 7. The fraction of sp³-hybridized carbons (Fsp3) is 0.667. The molecule has 1 heterocycles. The third-order valence-electron chi connectivity index (χ3n) is 2.34. The lowest BCUT2D eigenvalue weighted by Gasteiger charge is -2.09. The molecule has 0 saturated heterocycles. The molecule has 0 aliphatic rings. The Hall–Kier alpha value is -1.36. The van der Waals surface area contributed by atoms with E-state index in [1.807, 2.05) is 13.8 Å². The molecule has 0 aliphatic heterocycles. The number of aromatic amines is 1. The Labute approximate surface area is 102 Å². The van der Waals surface area contributed by atoms with Gasteiger partial charge in [0.25, 0.3) is 5.56 Å². The van der Waals surface area contributed by atoms with Gasteiger partial charge >= 0.3 is 0 Å². The second kappa shape index (κ2) is 7.06. The van der Waals surface area contributed by atoms with Crippen molar-refractivity contribution in [3.8, 4) is 0 Å². The zero-order valence-corrected chi connectivity index (χ0v) is 10.8. The molecule has 0 aromatic carbocycles. The summed E-state index contributed by atoms with van der Waals surface area (Å²) >= 11 is 0. The van der Waals surface area contributed by atoms with Crippen molar-refractivity contribution in [3.63, 3.8) is 0 Å². The summed E-state index contributed by atoms with van der Waals surface area (Å²) in [6, 6.07) is 1.49. The minimum atomic E-state index is -0.104. The van der Waals surface area contributed by atoms with Crippen LogP contribution in [0.5, 0.6) is 0 Å². The molecule has 1 aromatic rings. The summed E-state index contributed by atoms with van der Waals surface area (Å²) in [5, 5.41) is 6.43. The van der Waals surface area contributed by atoms with Crippen LogP contribution in [0, 0.1) is 0 Å². The van der Waals surface area contributed by atoms with Crippen molar-refractivity contribution < 1.29 is 0 Å². The highest BCUT2D eigenvalue weighted by molar-refractivity contribution is 5.33. The van der Waals surface area contributed by atoms with Crippen LogP contribution in [0.2, 0.25) is 0 Å². The van der Waals surface area contributed by atoms with E-state index in [9.17, 15) is 4.79 Å². The number of hydrogen-bond donors (Lipinski definition) is 3. The Kier molecular flexibility index (Phi) is 5.69. The van der Waals surface area contributed by atoms with Crippen LogP contribution in [0.15, 0.2) is 10.9 Å². The maximum absolute atomic E-state index is 11.4. The van der Waals surface area contributed by atoms with Crippen molar-refractivity contribution in [1.29, 1.82) is 0 Å². The van der Waals surface area contributed by atoms with Crippen LogP contribution < -0.4 is 16.2 Å². The van der Waals surface area contributed by atoms with Crippen LogP contribution in [0.3, 0.4) is 0 Å². The molecule has 0 atom stereocenters. The highest BCUT2D eigenvalue weighted by atomic mass is 16.1. The summed E-state index contributed by atoms with van der Waals surface area (Å²) in [5.41, 5.74) is -0.104. The molecular formula is C12H22N4O. The van der Waals surface area contributed by atoms with E-state index in [-0.39, 0.29) is 11.5 Å². The molecule has 5 heteroatoms. The van der Waals surface area contributed by atoms with Gasteiger partial charge in [-0.05, 0) is 13.0 Å². The number of anilines is 1. The van der Waals surface area contributed by atoms with Crippen LogP contribution in [0.1, 0.15) is 38.9 Å². The molecule has 0 amide bonds.